The van der Waals surface area contributed by atoms with Gasteiger partial charge in [0.15, 0.2) is 5.16 Å². The summed E-state index contributed by atoms with van der Waals surface area (Å²) < 4.78 is 13.0. The molecule has 0 spiro atoms. The highest BCUT2D eigenvalue weighted by molar-refractivity contribution is 7.98. The first-order valence-electron chi connectivity index (χ1n) is 10.1. The van der Waals surface area contributed by atoms with Crippen LogP contribution >= 0.6 is 23.1 Å². The first-order chi connectivity index (χ1) is 14.3. The van der Waals surface area contributed by atoms with E-state index in [1.54, 1.807) is 36.1 Å². The van der Waals surface area contributed by atoms with Crippen LogP contribution < -0.4 is 0 Å². The molecule has 1 fully saturated rings. The second kappa shape index (κ2) is 9.63. The van der Waals surface area contributed by atoms with Crippen molar-refractivity contribution in [3.63, 3.8) is 0 Å². The number of esters is 1. The van der Waals surface area contributed by atoms with Crippen LogP contribution in [0.2, 0.25) is 0 Å². The quantitative estimate of drug-likeness (QED) is 0.347. The Morgan fingerprint density at radius 1 is 1.31 bits per heavy atom. The summed E-state index contributed by atoms with van der Waals surface area (Å²) in [7, 11) is 0. The van der Waals surface area contributed by atoms with E-state index >= 15 is 0 Å². The number of furan rings is 1. The lowest BCUT2D eigenvalue weighted by molar-refractivity contribution is 0.0524. The summed E-state index contributed by atoms with van der Waals surface area (Å²) in [6.07, 6.45) is 8.46. The summed E-state index contributed by atoms with van der Waals surface area (Å²) in [5.74, 6) is 1.81. The highest BCUT2D eigenvalue weighted by Gasteiger charge is 2.24. The van der Waals surface area contributed by atoms with Crippen molar-refractivity contribution < 1.29 is 13.9 Å². The van der Waals surface area contributed by atoms with Gasteiger partial charge in [-0.05, 0) is 37.3 Å². The van der Waals surface area contributed by atoms with Gasteiger partial charge in [0.25, 0.3) is 0 Å². The topological polar surface area (TPSA) is 70.2 Å². The fourth-order valence-electron chi connectivity index (χ4n) is 3.77. The van der Waals surface area contributed by atoms with E-state index in [1.807, 2.05) is 0 Å². The Kier molecular flexibility index (Phi) is 6.71. The van der Waals surface area contributed by atoms with E-state index in [0.29, 0.717) is 29.7 Å². The molecule has 0 bridgehead atoms. The molecule has 0 atom stereocenters. The Morgan fingerprint density at radius 3 is 2.93 bits per heavy atom. The lowest BCUT2D eigenvalue weighted by Crippen LogP contribution is -2.16. The van der Waals surface area contributed by atoms with Crippen molar-refractivity contribution in [1.29, 1.82) is 0 Å². The SMILES string of the molecule is CCOC(=O)c1ccoc1CSc1nnc(Cc2cccs2)n1C1CCCCC1. The number of hydrogen-bond donors (Lipinski definition) is 0. The number of nitrogens with zero attached hydrogens (tertiary/aromatic N) is 3. The van der Waals surface area contributed by atoms with Crippen LogP contribution in [-0.4, -0.2) is 27.3 Å². The van der Waals surface area contributed by atoms with E-state index in [2.05, 4.69) is 32.3 Å². The minimum Gasteiger partial charge on any atom is -0.468 e. The van der Waals surface area contributed by atoms with Gasteiger partial charge in [0.1, 0.15) is 17.1 Å². The van der Waals surface area contributed by atoms with Crippen LogP contribution in [0.3, 0.4) is 0 Å². The average molecular weight is 432 g/mol. The van der Waals surface area contributed by atoms with E-state index in [4.69, 9.17) is 9.15 Å². The molecule has 3 aromatic heterocycles. The predicted octanol–water partition coefficient (Wildman–Crippen LogP) is 5.50. The van der Waals surface area contributed by atoms with Crippen molar-refractivity contribution in [1.82, 2.24) is 14.8 Å². The van der Waals surface area contributed by atoms with Gasteiger partial charge < -0.3 is 13.7 Å². The Balaban J connectivity index is 1.55. The van der Waals surface area contributed by atoms with Gasteiger partial charge in [0.2, 0.25) is 0 Å². The molecule has 3 heterocycles. The minimum atomic E-state index is -0.344. The van der Waals surface area contributed by atoms with E-state index in [1.165, 1.54) is 30.4 Å². The van der Waals surface area contributed by atoms with Crippen molar-refractivity contribution in [2.75, 3.05) is 6.61 Å². The molecule has 0 amide bonds. The normalized spacial score (nSPS) is 14.9. The molecule has 154 valence electrons. The van der Waals surface area contributed by atoms with Gasteiger partial charge in [-0.1, -0.05) is 37.1 Å². The molecule has 0 aromatic carbocycles. The zero-order valence-electron chi connectivity index (χ0n) is 16.5. The molecule has 0 radical (unpaired) electrons. The summed E-state index contributed by atoms with van der Waals surface area (Å²) in [6.45, 7) is 2.15. The summed E-state index contributed by atoms with van der Waals surface area (Å²) in [6, 6.07) is 6.33. The lowest BCUT2D eigenvalue weighted by atomic mass is 9.95. The smallest absolute Gasteiger partial charge is 0.341 e. The number of hydrogen-bond acceptors (Lipinski definition) is 7. The molecular formula is C21H25N3O3S2. The van der Waals surface area contributed by atoms with Crippen molar-refractivity contribution in [3.05, 3.63) is 51.9 Å². The first-order valence-corrected chi connectivity index (χ1v) is 11.9. The maximum atomic E-state index is 12.1. The maximum absolute atomic E-state index is 12.1. The van der Waals surface area contributed by atoms with Gasteiger partial charge in [0, 0.05) is 17.3 Å². The zero-order valence-corrected chi connectivity index (χ0v) is 18.1. The Hall–Kier alpha value is -2.06. The second-order valence-corrected chi connectivity index (χ2v) is 9.06. The Bertz CT molecular complexity index is 927. The second-order valence-electron chi connectivity index (χ2n) is 7.08. The molecule has 1 saturated carbocycles. The standard InChI is InChI=1S/C21H25N3O3S2/c1-2-26-20(25)17-10-11-27-18(17)14-29-21-23-22-19(13-16-9-6-12-28-16)24(21)15-7-4-3-5-8-15/h6,9-12,15H,2-5,7-8,13-14H2,1H3. The van der Waals surface area contributed by atoms with Gasteiger partial charge in [-0.15, -0.1) is 21.5 Å². The Labute approximate surface area is 178 Å². The van der Waals surface area contributed by atoms with E-state index in [-0.39, 0.29) is 5.97 Å². The van der Waals surface area contributed by atoms with Crippen LogP contribution in [-0.2, 0) is 16.9 Å². The predicted molar refractivity (Wildman–Crippen MR) is 113 cm³/mol. The summed E-state index contributed by atoms with van der Waals surface area (Å²) in [5, 5.41) is 12.0. The molecule has 6 nitrogen and oxygen atoms in total. The summed E-state index contributed by atoms with van der Waals surface area (Å²) >= 11 is 3.32. The van der Waals surface area contributed by atoms with Gasteiger partial charge in [-0.2, -0.15) is 0 Å². The number of rotatable bonds is 8. The third-order valence-corrected chi connectivity index (χ3v) is 6.98. The maximum Gasteiger partial charge on any atom is 0.341 e. The molecule has 0 aliphatic heterocycles. The highest BCUT2D eigenvalue weighted by atomic mass is 32.2. The van der Waals surface area contributed by atoms with Crippen molar-refractivity contribution in [3.8, 4) is 0 Å². The van der Waals surface area contributed by atoms with Crippen LogP contribution in [0.25, 0.3) is 0 Å². The largest absolute Gasteiger partial charge is 0.468 e. The molecule has 29 heavy (non-hydrogen) atoms. The fraction of sp³-hybridized carbons (Fsp3) is 0.476. The molecule has 4 rings (SSSR count). The molecular weight excluding hydrogens is 406 g/mol. The van der Waals surface area contributed by atoms with Crippen LogP contribution in [0, 0.1) is 0 Å². The number of thioether (sulfide) groups is 1. The van der Waals surface area contributed by atoms with Gasteiger partial charge >= 0.3 is 5.97 Å². The molecule has 3 aromatic rings. The van der Waals surface area contributed by atoms with Crippen molar-refractivity contribution >= 4 is 29.1 Å². The van der Waals surface area contributed by atoms with Gasteiger partial charge in [-0.3, -0.25) is 0 Å². The van der Waals surface area contributed by atoms with Gasteiger partial charge in [0.05, 0.1) is 18.6 Å². The molecule has 0 N–H and O–H groups in total. The molecule has 1 aliphatic rings. The lowest BCUT2D eigenvalue weighted by Gasteiger charge is -2.25. The number of carbonyl (C=O) groups excluding carboxylic acids is 1. The number of carbonyl (C=O) groups is 1. The average Bonchev–Trinajstić information content (AvgIpc) is 3.49. The third-order valence-electron chi connectivity index (χ3n) is 5.16. The van der Waals surface area contributed by atoms with Crippen LogP contribution in [0.4, 0.5) is 0 Å². The number of ether oxygens (including phenoxy) is 1. The molecule has 8 heteroatoms. The van der Waals surface area contributed by atoms with Gasteiger partial charge in [-0.25, -0.2) is 4.79 Å². The summed E-state index contributed by atoms with van der Waals surface area (Å²) in [4.78, 5) is 13.4. The van der Waals surface area contributed by atoms with Crippen molar-refractivity contribution in [2.45, 2.75) is 62.4 Å². The first kappa shape index (κ1) is 20.2. The molecule has 1 aliphatic carbocycles. The van der Waals surface area contributed by atoms with E-state index in [9.17, 15) is 4.79 Å². The molecule has 0 saturated heterocycles. The van der Waals surface area contributed by atoms with Crippen molar-refractivity contribution in [2.24, 2.45) is 0 Å². The van der Waals surface area contributed by atoms with Crippen LogP contribution in [0.15, 0.2) is 39.4 Å². The summed E-state index contributed by atoms with van der Waals surface area (Å²) in [5.41, 5.74) is 0.488. The molecule has 0 unspecified atom stereocenters. The number of aromatic nitrogens is 3. The van der Waals surface area contributed by atoms with E-state index in [0.717, 1.165) is 30.2 Å². The fourth-order valence-corrected chi connectivity index (χ4v) is 5.45. The zero-order chi connectivity index (χ0) is 20.1. The van der Waals surface area contributed by atoms with Crippen LogP contribution in [0.1, 0.15) is 71.9 Å². The highest BCUT2D eigenvalue weighted by Crippen LogP contribution is 2.34. The monoisotopic (exact) mass is 431 g/mol. The minimum absolute atomic E-state index is 0.344. The van der Waals surface area contributed by atoms with Crippen LogP contribution in [0.5, 0.6) is 0 Å². The van der Waals surface area contributed by atoms with E-state index < -0.39 is 0 Å². The number of thiophene rings is 1. The Morgan fingerprint density at radius 2 is 2.17 bits per heavy atom. The third kappa shape index (κ3) is 4.75.